The Morgan fingerprint density at radius 1 is 1.26 bits per heavy atom. The van der Waals surface area contributed by atoms with Crippen LogP contribution in [0.3, 0.4) is 0 Å². The van der Waals surface area contributed by atoms with E-state index in [0.717, 1.165) is 50.6 Å². The molecule has 2 atom stereocenters. The van der Waals surface area contributed by atoms with Crippen molar-refractivity contribution < 1.29 is 14.6 Å². The number of aliphatic hydroxyl groups is 1. The fraction of sp³-hybridized carbons (Fsp3) is 0.667. The quantitative estimate of drug-likeness (QED) is 0.791. The maximum absolute atomic E-state index is 9.61. The molecule has 2 rings (SSSR count). The van der Waals surface area contributed by atoms with Crippen LogP contribution in [0.4, 0.5) is 0 Å². The highest BCUT2D eigenvalue weighted by Crippen LogP contribution is 2.25. The van der Waals surface area contributed by atoms with Crippen molar-refractivity contribution in [3.8, 4) is 11.5 Å². The van der Waals surface area contributed by atoms with Crippen LogP contribution in [-0.2, 0) is 0 Å². The minimum Gasteiger partial charge on any atom is -0.493 e. The molecule has 1 aliphatic heterocycles. The predicted octanol–water partition coefficient (Wildman–Crippen LogP) is 1.85. The third-order valence-electron chi connectivity index (χ3n) is 4.39. The Morgan fingerprint density at radius 2 is 2.00 bits per heavy atom. The van der Waals surface area contributed by atoms with Crippen LogP contribution >= 0.6 is 0 Å². The minimum atomic E-state index is -0.260. The van der Waals surface area contributed by atoms with Gasteiger partial charge in [-0.3, -0.25) is 9.80 Å². The van der Waals surface area contributed by atoms with Gasteiger partial charge in [0.05, 0.1) is 13.2 Å². The molecule has 0 bridgehead atoms. The second kappa shape index (κ2) is 9.11. The molecule has 1 fully saturated rings. The predicted molar refractivity (Wildman–Crippen MR) is 92.3 cm³/mol. The first-order valence-corrected chi connectivity index (χ1v) is 8.54. The largest absolute Gasteiger partial charge is 0.493 e. The number of para-hydroxylation sites is 2. The maximum atomic E-state index is 9.61. The molecule has 0 amide bonds. The van der Waals surface area contributed by atoms with Crippen molar-refractivity contribution in [1.82, 2.24) is 9.80 Å². The molecule has 0 radical (unpaired) electrons. The highest BCUT2D eigenvalue weighted by Gasteiger charge is 2.26. The molecule has 1 N–H and O–H groups in total. The lowest BCUT2D eigenvalue weighted by Gasteiger charge is -2.41. The first-order chi connectivity index (χ1) is 11.1. The lowest BCUT2D eigenvalue weighted by atomic mass is 10.1. The Morgan fingerprint density at radius 3 is 2.65 bits per heavy atom. The van der Waals surface area contributed by atoms with Crippen LogP contribution in [0.5, 0.6) is 11.5 Å². The molecule has 0 aromatic heterocycles. The smallest absolute Gasteiger partial charge is 0.161 e. The van der Waals surface area contributed by atoms with Crippen LogP contribution in [0.25, 0.3) is 0 Å². The molecule has 1 heterocycles. The molecule has 1 aromatic rings. The normalized spacial score (nSPS) is 21.1. The van der Waals surface area contributed by atoms with Crippen LogP contribution in [0.2, 0.25) is 0 Å². The molecule has 0 saturated carbocycles. The van der Waals surface area contributed by atoms with Gasteiger partial charge in [-0.2, -0.15) is 0 Å². The van der Waals surface area contributed by atoms with E-state index >= 15 is 0 Å². The first kappa shape index (κ1) is 18.0. The summed E-state index contributed by atoms with van der Waals surface area (Å²) in [6.45, 7) is 9.50. The first-order valence-electron chi connectivity index (χ1n) is 8.54. The number of aliphatic hydroxyl groups excluding tert-OH is 1. The molecule has 1 aliphatic rings. The average molecular weight is 322 g/mol. The number of β-amino-alcohol motifs (C(OH)–C–C–N with tert-alkyl or cyclic N) is 1. The molecule has 23 heavy (non-hydrogen) atoms. The number of hydrogen-bond acceptors (Lipinski definition) is 5. The van der Waals surface area contributed by atoms with Gasteiger partial charge in [0, 0.05) is 38.8 Å². The van der Waals surface area contributed by atoms with E-state index in [-0.39, 0.29) is 6.10 Å². The molecular formula is C18H30N2O3. The van der Waals surface area contributed by atoms with Crippen molar-refractivity contribution in [2.24, 2.45) is 0 Å². The summed E-state index contributed by atoms with van der Waals surface area (Å²) in [4.78, 5) is 4.85. The summed E-state index contributed by atoms with van der Waals surface area (Å²) in [5.74, 6) is 1.58. The molecule has 1 saturated heterocycles. The molecule has 1 aromatic carbocycles. The van der Waals surface area contributed by atoms with Gasteiger partial charge in [-0.05, 0) is 25.5 Å². The lowest BCUT2D eigenvalue weighted by Crippen LogP contribution is -2.55. The SMILES string of the molecule is CCC1CN(CCOc2ccccc2OC)CCN1CC(C)O. The number of methoxy groups -OCH3 is 1. The fourth-order valence-electron chi connectivity index (χ4n) is 3.15. The van der Waals surface area contributed by atoms with Gasteiger partial charge in [-0.1, -0.05) is 19.1 Å². The maximum Gasteiger partial charge on any atom is 0.161 e. The van der Waals surface area contributed by atoms with Crippen molar-refractivity contribution in [3.63, 3.8) is 0 Å². The van der Waals surface area contributed by atoms with Crippen LogP contribution in [0.1, 0.15) is 20.3 Å². The van der Waals surface area contributed by atoms with E-state index < -0.39 is 0 Å². The topological polar surface area (TPSA) is 45.2 Å². The van der Waals surface area contributed by atoms with Gasteiger partial charge >= 0.3 is 0 Å². The molecule has 5 heteroatoms. The molecule has 5 nitrogen and oxygen atoms in total. The number of hydrogen-bond donors (Lipinski definition) is 1. The Labute approximate surface area is 139 Å². The molecule has 0 spiro atoms. The Balaban J connectivity index is 1.78. The van der Waals surface area contributed by atoms with E-state index in [1.165, 1.54) is 0 Å². The van der Waals surface area contributed by atoms with Gasteiger partial charge in [0.25, 0.3) is 0 Å². The van der Waals surface area contributed by atoms with Gasteiger partial charge in [0.1, 0.15) is 6.61 Å². The highest BCUT2D eigenvalue weighted by molar-refractivity contribution is 5.39. The van der Waals surface area contributed by atoms with Gasteiger partial charge in [-0.25, -0.2) is 0 Å². The van der Waals surface area contributed by atoms with Crippen molar-refractivity contribution in [2.75, 3.05) is 46.4 Å². The van der Waals surface area contributed by atoms with Crippen LogP contribution in [0.15, 0.2) is 24.3 Å². The summed E-state index contributed by atoms with van der Waals surface area (Å²) in [5.41, 5.74) is 0. The Bertz CT molecular complexity index is 467. The third kappa shape index (κ3) is 5.37. The van der Waals surface area contributed by atoms with Crippen LogP contribution in [0, 0.1) is 0 Å². The summed E-state index contributed by atoms with van der Waals surface area (Å²) in [6, 6.07) is 8.27. The monoisotopic (exact) mass is 322 g/mol. The zero-order valence-corrected chi connectivity index (χ0v) is 14.6. The van der Waals surface area contributed by atoms with E-state index in [0.29, 0.717) is 12.6 Å². The van der Waals surface area contributed by atoms with Gasteiger partial charge in [-0.15, -0.1) is 0 Å². The highest BCUT2D eigenvalue weighted by atomic mass is 16.5. The van der Waals surface area contributed by atoms with Crippen molar-refractivity contribution in [1.29, 1.82) is 0 Å². The summed E-state index contributed by atoms with van der Waals surface area (Å²) in [6.07, 6.45) is 0.848. The van der Waals surface area contributed by atoms with Gasteiger partial charge < -0.3 is 14.6 Å². The number of nitrogens with zero attached hydrogens (tertiary/aromatic N) is 2. The van der Waals surface area contributed by atoms with E-state index in [2.05, 4.69) is 16.7 Å². The van der Waals surface area contributed by atoms with Crippen molar-refractivity contribution in [3.05, 3.63) is 24.3 Å². The summed E-state index contributed by atoms with van der Waals surface area (Å²) in [5, 5.41) is 9.61. The second-order valence-electron chi connectivity index (χ2n) is 6.21. The molecular weight excluding hydrogens is 292 g/mol. The Hall–Kier alpha value is -1.30. The zero-order chi connectivity index (χ0) is 16.7. The molecule has 130 valence electrons. The van der Waals surface area contributed by atoms with E-state index in [9.17, 15) is 5.11 Å². The average Bonchev–Trinajstić information content (AvgIpc) is 2.56. The number of piperazine rings is 1. The standard InChI is InChI=1S/C18H30N2O3/c1-4-16-14-19(9-10-20(16)13-15(2)21)11-12-23-18-8-6-5-7-17(18)22-3/h5-8,15-16,21H,4,9-14H2,1-3H3. The van der Waals surface area contributed by atoms with E-state index in [1.54, 1.807) is 7.11 Å². The van der Waals surface area contributed by atoms with E-state index in [1.807, 2.05) is 31.2 Å². The second-order valence-corrected chi connectivity index (χ2v) is 6.21. The fourth-order valence-corrected chi connectivity index (χ4v) is 3.15. The number of rotatable bonds is 8. The van der Waals surface area contributed by atoms with Crippen LogP contribution < -0.4 is 9.47 Å². The van der Waals surface area contributed by atoms with Crippen LogP contribution in [-0.4, -0.2) is 73.5 Å². The Kier molecular flexibility index (Phi) is 7.15. The van der Waals surface area contributed by atoms with Gasteiger partial charge in [0.15, 0.2) is 11.5 Å². The molecule has 0 aliphatic carbocycles. The lowest BCUT2D eigenvalue weighted by molar-refractivity contribution is 0.0321. The zero-order valence-electron chi connectivity index (χ0n) is 14.6. The minimum absolute atomic E-state index is 0.260. The summed E-state index contributed by atoms with van der Waals surface area (Å²) < 4.78 is 11.2. The third-order valence-corrected chi connectivity index (χ3v) is 4.39. The molecule has 2 unspecified atom stereocenters. The van der Waals surface area contributed by atoms with Gasteiger partial charge in [0.2, 0.25) is 0 Å². The van der Waals surface area contributed by atoms with E-state index in [4.69, 9.17) is 9.47 Å². The van der Waals surface area contributed by atoms with Crippen molar-refractivity contribution >= 4 is 0 Å². The summed E-state index contributed by atoms with van der Waals surface area (Å²) in [7, 11) is 1.66. The number of ether oxygens (including phenoxy) is 2. The number of benzene rings is 1. The summed E-state index contributed by atoms with van der Waals surface area (Å²) >= 11 is 0. The van der Waals surface area contributed by atoms with Crippen molar-refractivity contribution in [2.45, 2.75) is 32.4 Å².